The lowest BCUT2D eigenvalue weighted by atomic mass is 9.88. The number of nitrogens with one attached hydrogen (secondary N) is 2. The Kier molecular flexibility index (Phi) is 5.59. The standard InChI is InChI=1S/C26H27N3O2S/c1-3-26(30,4-2)20-11-10-19-12-24(28-22(19)13-20)29-17-27-23-14-21(32-25(23)29)16-31-15-18-8-6-5-7-9-18/h5-14,17,28,30H,3-4,15-16H2,1-2H3/p+1. The smallest absolute Gasteiger partial charge is 0.232 e. The molecule has 5 nitrogen and oxygen atoms in total. The minimum atomic E-state index is -0.781. The fraction of sp³-hybridized carbons (Fsp3) is 0.269. The average Bonchev–Trinajstić information content (AvgIpc) is 3.52. The number of benzene rings is 2. The molecule has 0 amide bonds. The highest BCUT2D eigenvalue weighted by Crippen LogP contribution is 2.31. The second kappa shape index (κ2) is 8.54. The van der Waals surface area contributed by atoms with E-state index < -0.39 is 5.60 Å². The number of aromatic nitrogens is 3. The number of hydrogen-bond acceptors (Lipinski definition) is 3. The normalized spacial score (nSPS) is 12.2. The number of aliphatic hydroxyl groups is 1. The molecule has 6 heteroatoms. The predicted octanol–water partition coefficient (Wildman–Crippen LogP) is 5.71. The van der Waals surface area contributed by atoms with Crippen LogP contribution < -0.4 is 4.57 Å². The van der Waals surface area contributed by atoms with Crippen molar-refractivity contribution in [2.24, 2.45) is 0 Å². The summed E-state index contributed by atoms with van der Waals surface area (Å²) < 4.78 is 8.07. The van der Waals surface area contributed by atoms with Gasteiger partial charge in [-0.25, -0.2) is 0 Å². The molecule has 164 valence electrons. The molecule has 0 aliphatic carbocycles. The third kappa shape index (κ3) is 3.86. The fourth-order valence-corrected chi connectivity index (χ4v) is 5.23. The summed E-state index contributed by atoms with van der Waals surface area (Å²) in [6, 6.07) is 20.7. The van der Waals surface area contributed by atoms with Crippen molar-refractivity contribution in [1.29, 1.82) is 0 Å². The molecule has 2 aromatic carbocycles. The number of fused-ring (bicyclic) bond motifs is 2. The lowest BCUT2D eigenvalue weighted by molar-refractivity contribution is -0.568. The quantitative estimate of drug-likeness (QED) is 0.267. The van der Waals surface area contributed by atoms with E-state index >= 15 is 0 Å². The van der Waals surface area contributed by atoms with Crippen LogP contribution in [0.1, 0.15) is 42.7 Å². The zero-order chi connectivity index (χ0) is 22.1. The largest absolute Gasteiger partial charge is 0.385 e. The van der Waals surface area contributed by atoms with E-state index in [-0.39, 0.29) is 0 Å². The minimum Gasteiger partial charge on any atom is -0.385 e. The van der Waals surface area contributed by atoms with Crippen molar-refractivity contribution in [3.63, 3.8) is 0 Å². The van der Waals surface area contributed by atoms with Gasteiger partial charge in [0.05, 0.1) is 18.8 Å². The lowest BCUT2D eigenvalue weighted by Gasteiger charge is -2.25. The van der Waals surface area contributed by atoms with Gasteiger partial charge in [0.1, 0.15) is 11.0 Å². The van der Waals surface area contributed by atoms with Crippen molar-refractivity contribution in [2.45, 2.75) is 45.5 Å². The van der Waals surface area contributed by atoms with Crippen LogP contribution >= 0.6 is 11.3 Å². The Bertz CT molecular complexity index is 1350. The molecule has 5 aromatic rings. The Hall–Kier alpha value is -2.93. The molecular weight excluding hydrogens is 418 g/mol. The second-order valence-electron chi connectivity index (χ2n) is 8.25. The molecule has 3 aromatic heterocycles. The second-order valence-corrected chi connectivity index (χ2v) is 9.36. The first-order valence-electron chi connectivity index (χ1n) is 11.1. The minimum absolute atomic E-state index is 0.588. The van der Waals surface area contributed by atoms with Gasteiger partial charge in [0, 0.05) is 16.3 Å². The highest BCUT2D eigenvalue weighted by molar-refractivity contribution is 7.18. The number of ether oxygens (including phenoxy) is 1. The monoisotopic (exact) mass is 446 g/mol. The number of rotatable bonds is 8. The highest BCUT2D eigenvalue weighted by Gasteiger charge is 2.26. The van der Waals surface area contributed by atoms with Gasteiger partial charge >= 0.3 is 0 Å². The number of imidazole rings is 1. The van der Waals surface area contributed by atoms with E-state index in [1.807, 2.05) is 44.4 Å². The van der Waals surface area contributed by atoms with Gasteiger partial charge in [-0.05, 0) is 36.1 Å². The van der Waals surface area contributed by atoms with Crippen LogP contribution in [0.3, 0.4) is 0 Å². The molecule has 0 saturated carbocycles. The molecule has 3 N–H and O–H groups in total. The van der Waals surface area contributed by atoms with Crippen molar-refractivity contribution in [2.75, 3.05) is 0 Å². The van der Waals surface area contributed by atoms with Gasteiger partial charge in [-0.1, -0.05) is 56.3 Å². The topological polar surface area (TPSA) is 64.9 Å². The molecule has 0 radical (unpaired) electrons. The van der Waals surface area contributed by atoms with E-state index in [0.717, 1.165) is 32.6 Å². The van der Waals surface area contributed by atoms with E-state index in [9.17, 15) is 5.11 Å². The number of hydrogen-bond donors (Lipinski definition) is 3. The van der Waals surface area contributed by atoms with Crippen LogP contribution in [-0.4, -0.2) is 15.1 Å². The van der Waals surface area contributed by atoms with Gasteiger partial charge in [-0.2, -0.15) is 4.57 Å². The van der Waals surface area contributed by atoms with Crippen molar-refractivity contribution >= 4 is 32.6 Å². The first-order valence-corrected chi connectivity index (χ1v) is 11.9. The Labute approximate surface area is 191 Å². The van der Waals surface area contributed by atoms with Crippen LogP contribution in [0, 0.1) is 0 Å². The van der Waals surface area contributed by atoms with E-state index in [4.69, 9.17) is 4.74 Å². The van der Waals surface area contributed by atoms with Crippen molar-refractivity contribution in [1.82, 2.24) is 9.97 Å². The Balaban J connectivity index is 1.39. The molecule has 5 rings (SSSR count). The molecule has 32 heavy (non-hydrogen) atoms. The number of aromatic amines is 2. The molecular formula is C26H28N3O2S+. The van der Waals surface area contributed by atoms with Crippen LogP contribution in [0.15, 0.2) is 67.0 Å². The summed E-state index contributed by atoms with van der Waals surface area (Å²) in [5.74, 6) is 0.999. The van der Waals surface area contributed by atoms with Gasteiger partial charge < -0.3 is 9.84 Å². The zero-order valence-corrected chi connectivity index (χ0v) is 19.2. The summed E-state index contributed by atoms with van der Waals surface area (Å²) in [7, 11) is 0. The summed E-state index contributed by atoms with van der Waals surface area (Å²) in [5, 5.41) is 12.0. The van der Waals surface area contributed by atoms with Crippen LogP contribution in [0.5, 0.6) is 0 Å². The van der Waals surface area contributed by atoms with E-state index in [1.54, 1.807) is 11.3 Å². The van der Waals surface area contributed by atoms with Crippen LogP contribution in [0.2, 0.25) is 0 Å². The maximum atomic E-state index is 10.9. The van der Waals surface area contributed by atoms with E-state index in [2.05, 4.69) is 50.9 Å². The van der Waals surface area contributed by atoms with E-state index in [0.29, 0.717) is 26.1 Å². The molecule has 0 aliphatic rings. The van der Waals surface area contributed by atoms with Gasteiger partial charge in [0.2, 0.25) is 10.6 Å². The highest BCUT2D eigenvalue weighted by atomic mass is 32.1. The molecule has 0 spiro atoms. The fourth-order valence-electron chi connectivity index (χ4n) is 4.19. The lowest BCUT2D eigenvalue weighted by Crippen LogP contribution is -2.28. The van der Waals surface area contributed by atoms with Crippen molar-refractivity contribution in [3.05, 3.63) is 83.0 Å². The van der Waals surface area contributed by atoms with Gasteiger partial charge in [0.25, 0.3) is 0 Å². The van der Waals surface area contributed by atoms with Crippen molar-refractivity contribution in [3.8, 4) is 5.82 Å². The molecule has 0 unspecified atom stereocenters. The third-order valence-electron chi connectivity index (χ3n) is 6.26. The molecule has 0 atom stereocenters. The zero-order valence-electron chi connectivity index (χ0n) is 18.4. The van der Waals surface area contributed by atoms with E-state index in [1.165, 1.54) is 10.4 Å². The Morgan fingerprint density at radius 2 is 1.78 bits per heavy atom. The number of H-pyrrole nitrogens is 2. The Morgan fingerprint density at radius 1 is 0.969 bits per heavy atom. The van der Waals surface area contributed by atoms with Gasteiger partial charge in [-0.15, -0.1) is 11.3 Å². The van der Waals surface area contributed by atoms with Crippen LogP contribution in [0.25, 0.3) is 27.1 Å². The maximum Gasteiger partial charge on any atom is 0.232 e. The van der Waals surface area contributed by atoms with Gasteiger partial charge in [0.15, 0.2) is 6.33 Å². The first kappa shape index (κ1) is 20.9. The SMILES string of the molecule is CCC(O)(CC)c1ccc2cc(-[n+]3c[nH]c4cc(COCc5ccccc5)sc43)[nH]c2c1. The Morgan fingerprint density at radius 3 is 2.56 bits per heavy atom. The molecule has 0 saturated heterocycles. The third-order valence-corrected chi connectivity index (χ3v) is 7.37. The average molecular weight is 447 g/mol. The predicted molar refractivity (Wildman–Crippen MR) is 129 cm³/mol. The molecule has 0 fully saturated rings. The summed E-state index contributed by atoms with van der Waals surface area (Å²) in [6.07, 6.45) is 3.37. The summed E-state index contributed by atoms with van der Waals surface area (Å²) in [5.41, 5.74) is 3.49. The van der Waals surface area contributed by atoms with Crippen LogP contribution in [0.4, 0.5) is 0 Å². The van der Waals surface area contributed by atoms with Crippen molar-refractivity contribution < 1.29 is 14.4 Å². The maximum absolute atomic E-state index is 10.9. The van der Waals surface area contributed by atoms with Gasteiger partial charge in [-0.3, -0.25) is 9.97 Å². The summed E-state index contributed by atoms with van der Waals surface area (Å²) in [4.78, 5) is 9.24. The first-order chi connectivity index (χ1) is 15.6. The summed E-state index contributed by atoms with van der Waals surface area (Å²) >= 11 is 1.73. The molecule has 3 heterocycles. The number of thiophene rings is 1. The molecule has 0 aliphatic heterocycles. The number of nitrogens with zero attached hydrogens (tertiary/aromatic N) is 1. The molecule has 0 bridgehead atoms. The van der Waals surface area contributed by atoms with Crippen LogP contribution in [-0.2, 0) is 23.6 Å². The summed E-state index contributed by atoms with van der Waals surface area (Å²) in [6.45, 7) is 5.25.